The Bertz CT molecular complexity index is 1310. The molecule has 2 heterocycles. The molecule has 0 spiro atoms. The second-order valence-corrected chi connectivity index (χ2v) is 8.92. The summed E-state index contributed by atoms with van der Waals surface area (Å²) in [7, 11) is 0. The molecule has 2 aromatic carbocycles. The van der Waals surface area contributed by atoms with Gasteiger partial charge in [-0.15, -0.1) is 10.2 Å². The highest BCUT2D eigenvalue weighted by Gasteiger charge is 2.17. The Morgan fingerprint density at radius 3 is 2.71 bits per heavy atom. The number of anilines is 1. The van der Waals surface area contributed by atoms with E-state index in [4.69, 9.17) is 0 Å². The maximum Gasteiger partial charge on any atom is 0.262 e. The fourth-order valence-electron chi connectivity index (χ4n) is 3.47. The first-order chi connectivity index (χ1) is 14.9. The van der Waals surface area contributed by atoms with E-state index >= 15 is 0 Å². The largest absolute Gasteiger partial charge is 0.325 e. The van der Waals surface area contributed by atoms with Crippen molar-refractivity contribution in [3.05, 3.63) is 64.4 Å². The molecular weight excluding hydrogens is 410 g/mol. The summed E-state index contributed by atoms with van der Waals surface area (Å²) < 4.78 is 3.56. The van der Waals surface area contributed by atoms with Crippen molar-refractivity contribution in [1.82, 2.24) is 19.2 Å². The standard InChI is InChI=1S/C23H25N5O2S/c1-15(2)11-12-27-21(30)18-9-4-5-10-19(18)28-22(27)25-26-23(28)31-14-20(29)24-17-8-6-7-16(3)13-17/h4-10,13,15H,11-12,14H2,1-3H3,(H,24,29). The number of amides is 1. The highest BCUT2D eigenvalue weighted by atomic mass is 32.2. The van der Waals surface area contributed by atoms with Gasteiger partial charge in [0, 0.05) is 12.2 Å². The van der Waals surface area contributed by atoms with Crippen LogP contribution in [-0.4, -0.2) is 30.8 Å². The minimum Gasteiger partial charge on any atom is -0.325 e. The number of nitrogens with one attached hydrogen (secondary N) is 1. The van der Waals surface area contributed by atoms with E-state index in [1.54, 1.807) is 4.57 Å². The molecule has 0 unspecified atom stereocenters. The minimum atomic E-state index is -0.121. The minimum absolute atomic E-state index is 0.0649. The summed E-state index contributed by atoms with van der Waals surface area (Å²) in [6, 6.07) is 15.1. The van der Waals surface area contributed by atoms with Crippen molar-refractivity contribution in [3.63, 3.8) is 0 Å². The average Bonchev–Trinajstić information content (AvgIpc) is 3.16. The van der Waals surface area contributed by atoms with E-state index in [0.717, 1.165) is 23.2 Å². The van der Waals surface area contributed by atoms with Gasteiger partial charge in [-0.3, -0.25) is 18.6 Å². The van der Waals surface area contributed by atoms with E-state index in [0.29, 0.717) is 28.8 Å². The van der Waals surface area contributed by atoms with Crippen LogP contribution in [0, 0.1) is 12.8 Å². The number of nitrogens with zero attached hydrogens (tertiary/aromatic N) is 4. The molecular formula is C23H25N5O2S. The van der Waals surface area contributed by atoms with E-state index in [2.05, 4.69) is 29.4 Å². The van der Waals surface area contributed by atoms with Crippen molar-refractivity contribution in [2.45, 2.75) is 38.9 Å². The highest BCUT2D eigenvalue weighted by molar-refractivity contribution is 7.99. The number of para-hydroxylation sites is 1. The first-order valence-electron chi connectivity index (χ1n) is 10.3. The first kappa shape index (κ1) is 21.1. The Hall–Kier alpha value is -3.13. The topological polar surface area (TPSA) is 81.3 Å². The van der Waals surface area contributed by atoms with Gasteiger partial charge in [0.25, 0.3) is 5.56 Å². The van der Waals surface area contributed by atoms with Crippen LogP contribution in [0.15, 0.2) is 58.5 Å². The third-order valence-electron chi connectivity index (χ3n) is 5.04. The zero-order valence-corrected chi connectivity index (χ0v) is 18.6. The molecule has 0 aliphatic heterocycles. The Balaban J connectivity index is 1.65. The summed E-state index contributed by atoms with van der Waals surface area (Å²) in [6.45, 7) is 6.81. The van der Waals surface area contributed by atoms with Gasteiger partial charge in [0.2, 0.25) is 11.7 Å². The number of aryl methyl sites for hydroxylation is 2. The average molecular weight is 436 g/mol. The van der Waals surface area contributed by atoms with Gasteiger partial charge in [0.15, 0.2) is 5.16 Å². The van der Waals surface area contributed by atoms with Crippen molar-refractivity contribution in [3.8, 4) is 0 Å². The van der Waals surface area contributed by atoms with Crippen molar-refractivity contribution < 1.29 is 4.79 Å². The second-order valence-electron chi connectivity index (χ2n) is 7.98. The maximum absolute atomic E-state index is 13.1. The molecule has 7 nitrogen and oxygen atoms in total. The van der Waals surface area contributed by atoms with Crippen molar-refractivity contribution >= 4 is 40.0 Å². The van der Waals surface area contributed by atoms with Gasteiger partial charge in [-0.2, -0.15) is 0 Å². The van der Waals surface area contributed by atoms with Crippen LogP contribution in [0.2, 0.25) is 0 Å². The quantitative estimate of drug-likeness (QED) is 0.442. The van der Waals surface area contributed by atoms with Crippen molar-refractivity contribution in [2.75, 3.05) is 11.1 Å². The number of carbonyl (C=O) groups is 1. The maximum atomic E-state index is 13.1. The third kappa shape index (κ3) is 4.49. The summed E-state index contributed by atoms with van der Waals surface area (Å²) in [6.07, 6.45) is 0.863. The lowest BCUT2D eigenvalue weighted by molar-refractivity contribution is -0.113. The molecule has 1 N–H and O–H groups in total. The zero-order valence-electron chi connectivity index (χ0n) is 17.8. The molecule has 0 aliphatic carbocycles. The molecule has 31 heavy (non-hydrogen) atoms. The van der Waals surface area contributed by atoms with E-state index < -0.39 is 0 Å². The van der Waals surface area contributed by atoms with E-state index in [-0.39, 0.29) is 17.2 Å². The van der Waals surface area contributed by atoms with Crippen LogP contribution in [0.4, 0.5) is 5.69 Å². The predicted octanol–water partition coefficient (Wildman–Crippen LogP) is 4.13. The predicted molar refractivity (Wildman–Crippen MR) is 125 cm³/mol. The first-order valence-corrected chi connectivity index (χ1v) is 11.3. The number of fused-ring (bicyclic) bond motifs is 3. The monoisotopic (exact) mass is 435 g/mol. The van der Waals surface area contributed by atoms with Crippen LogP contribution >= 0.6 is 11.8 Å². The number of hydrogen-bond donors (Lipinski definition) is 1. The Labute approximate surface area is 184 Å². The van der Waals surface area contributed by atoms with Gasteiger partial charge in [-0.1, -0.05) is 49.9 Å². The smallest absolute Gasteiger partial charge is 0.262 e. The summed E-state index contributed by atoms with van der Waals surface area (Å²) in [4.78, 5) is 25.5. The summed E-state index contributed by atoms with van der Waals surface area (Å²) in [5.74, 6) is 1.03. The van der Waals surface area contributed by atoms with Crippen LogP contribution in [0.1, 0.15) is 25.8 Å². The van der Waals surface area contributed by atoms with E-state index in [1.807, 2.05) is 59.9 Å². The summed E-state index contributed by atoms with van der Waals surface area (Å²) in [5, 5.41) is 12.7. The van der Waals surface area contributed by atoms with Gasteiger partial charge in [-0.25, -0.2) is 0 Å². The van der Waals surface area contributed by atoms with Crippen LogP contribution < -0.4 is 10.9 Å². The molecule has 1 amide bonds. The fraction of sp³-hybridized carbons (Fsp3) is 0.304. The number of hydrogen-bond acceptors (Lipinski definition) is 5. The molecule has 0 aliphatic rings. The molecule has 4 rings (SSSR count). The summed E-state index contributed by atoms with van der Waals surface area (Å²) in [5.41, 5.74) is 2.53. The van der Waals surface area contributed by atoms with Gasteiger partial charge in [0.1, 0.15) is 0 Å². The lowest BCUT2D eigenvalue weighted by Gasteiger charge is -2.12. The number of thioether (sulfide) groups is 1. The molecule has 0 radical (unpaired) electrons. The number of carbonyl (C=O) groups excluding carboxylic acids is 1. The van der Waals surface area contributed by atoms with Crippen LogP contribution in [0.3, 0.4) is 0 Å². The van der Waals surface area contributed by atoms with Crippen LogP contribution in [-0.2, 0) is 11.3 Å². The van der Waals surface area contributed by atoms with Crippen molar-refractivity contribution in [1.29, 1.82) is 0 Å². The second kappa shape index (κ2) is 8.93. The van der Waals surface area contributed by atoms with Crippen LogP contribution in [0.5, 0.6) is 0 Å². The van der Waals surface area contributed by atoms with Gasteiger partial charge in [-0.05, 0) is 49.1 Å². The van der Waals surface area contributed by atoms with E-state index in [9.17, 15) is 9.59 Å². The fourth-order valence-corrected chi connectivity index (χ4v) is 4.21. The Morgan fingerprint density at radius 2 is 1.94 bits per heavy atom. The number of benzene rings is 2. The SMILES string of the molecule is Cc1cccc(NC(=O)CSc2nnc3n(CCC(C)C)c(=O)c4ccccc4n23)c1. The molecule has 8 heteroatoms. The third-order valence-corrected chi connectivity index (χ3v) is 5.97. The molecule has 0 bridgehead atoms. The zero-order chi connectivity index (χ0) is 22.0. The summed E-state index contributed by atoms with van der Waals surface area (Å²) >= 11 is 1.30. The van der Waals surface area contributed by atoms with Gasteiger partial charge in [0.05, 0.1) is 16.7 Å². The molecule has 160 valence electrons. The molecule has 0 saturated carbocycles. The normalized spacial score (nSPS) is 11.5. The lowest BCUT2D eigenvalue weighted by atomic mass is 10.1. The Kier molecular flexibility index (Phi) is 6.08. The van der Waals surface area contributed by atoms with E-state index in [1.165, 1.54) is 11.8 Å². The molecule has 0 fully saturated rings. The molecule has 0 atom stereocenters. The van der Waals surface area contributed by atoms with Gasteiger partial charge >= 0.3 is 0 Å². The van der Waals surface area contributed by atoms with Crippen LogP contribution in [0.25, 0.3) is 16.7 Å². The number of aromatic nitrogens is 4. The molecule has 2 aromatic heterocycles. The highest BCUT2D eigenvalue weighted by Crippen LogP contribution is 2.22. The molecule has 4 aromatic rings. The van der Waals surface area contributed by atoms with Gasteiger partial charge < -0.3 is 5.32 Å². The molecule has 0 saturated heterocycles. The Morgan fingerprint density at radius 1 is 1.13 bits per heavy atom. The lowest BCUT2D eigenvalue weighted by Crippen LogP contribution is -2.24. The van der Waals surface area contributed by atoms with Crippen molar-refractivity contribution in [2.24, 2.45) is 5.92 Å². The number of rotatable bonds is 7.